The van der Waals surface area contributed by atoms with Crippen molar-refractivity contribution in [2.24, 2.45) is 7.05 Å². The average Bonchev–Trinajstić information content (AvgIpc) is 2.85. The van der Waals surface area contributed by atoms with E-state index in [1.807, 2.05) is 18.2 Å². The van der Waals surface area contributed by atoms with Crippen LogP contribution in [0.1, 0.15) is 23.4 Å². The van der Waals surface area contributed by atoms with Crippen LogP contribution in [-0.2, 0) is 21.9 Å². The molecule has 1 aliphatic heterocycles. The topological polar surface area (TPSA) is 75.5 Å². The Kier molecular flexibility index (Phi) is 6.45. The normalized spacial score (nSPS) is 16.3. The van der Waals surface area contributed by atoms with Crippen molar-refractivity contribution in [3.8, 4) is 0 Å². The maximum atomic E-state index is 13.2. The molecular weight excluding hydrogens is 412 g/mol. The molecule has 7 nitrogen and oxygen atoms in total. The van der Waals surface area contributed by atoms with Gasteiger partial charge in [0, 0.05) is 44.3 Å². The summed E-state index contributed by atoms with van der Waals surface area (Å²) in [5, 5.41) is 4.80. The van der Waals surface area contributed by atoms with Crippen LogP contribution in [0.5, 0.6) is 0 Å². The maximum Gasteiger partial charge on any atom is 0.246 e. The van der Waals surface area contributed by atoms with E-state index in [-0.39, 0.29) is 17.3 Å². The highest BCUT2D eigenvalue weighted by molar-refractivity contribution is 7.89. The maximum absolute atomic E-state index is 13.2. The molecule has 9 heteroatoms. The van der Waals surface area contributed by atoms with Crippen molar-refractivity contribution in [2.45, 2.75) is 25.2 Å². The van der Waals surface area contributed by atoms with Gasteiger partial charge < -0.3 is 4.90 Å². The zero-order chi connectivity index (χ0) is 21.2. The molecule has 0 unspecified atom stereocenters. The van der Waals surface area contributed by atoms with Crippen molar-refractivity contribution >= 4 is 33.6 Å². The van der Waals surface area contributed by atoms with Gasteiger partial charge in [-0.2, -0.15) is 9.40 Å². The fourth-order valence-electron chi connectivity index (χ4n) is 3.49. The zero-order valence-corrected chi connectivity index (χ0v) is 18.4. The molecule has 2 aromatic rings. The molecular formula is C20H25ClN4O3S. The van der Waals surface area contributed by atoms with Crippen molar-refractivity contribution in [1.29, 1.82) is 0 Å². The lowest BCUT2D eigenvalue weighted by Crippen LogP contribution is -2.37. The van der Waals surface area contributed by atoms with Crippen molar-refractivity contribution in [1.82, 2.24) is 19.0 Å². The van der Waals surface area contributed by atoms with Crippen LogP contribution in [0.4, 0.5) is 0 Å². The minimum atomic E-state index is -3.66. The Morgan fingerprint density at radius 3 is 2.52 bits per heavy atom. The highest BCUT2D eigenvalue weighted by atomic mass is 35.5. The largest absolute Gasteiger partial charge is 0.338 e. The summed E-state index contributed by atoms with van der Waals surface area (Å²) in [4.78, 5) is 14.5. The molecule has 0 atom stereocenters. The number of nitrogens with zero attached hydrogens (tertiary/aromatic N) is 4. The molecule has 2 heterocycles. The number of hydrogen-bond acceptors (Lipinski definition) is 4. The molecule has 0 spiro atoms. The third-order valence-electron chi connectivity index (χ3n) is 5.12. The number of carbonyl (C=O) groups excluding carboxylic acids is 1. The summed E-state index contributed by atoms with van der Waals surface area (Å²) >= 11 is 6.12. The van der Waals surface area contributed by atoms with Crippen molar-refractivity contribution in [3.05, 3.63) is 52.3 Å². The Morgan fingerprint density at radius 2 is 1.86 bits per heavy atom. The first-order chi connectivity index (χ1) is 13.7. The van der Waals surface area contributed by atoms with E-state index in [4.69, 9.17) is 11.6 Å². The summed E-state index contributed by atoms with van der Waals surface area (Å²) in [5.41, 5.74) is 1.87. The van der Waals surface area contributed by atoms with Crippen LogP contribution < -0.4 is 0 Å². The Balaban J connectivity index is 1.72. The van der Waals surface area contributed by atoms with Gasteiger partial charge in [-0.3, -0.25) is 9.48 Å². The van der Waals surface area contributed by atoms with Crippen molar-refractivity contribution in [3.63, 3.8) is 0 Å². The number of aryl methyl sites for hydroxylation is 2. The van der Waals surface area contributed by atoms with Gasteiger partial charge in [0.1, 0.15) is 4.90 Å². The highest BCUT2D eigenvalue weighted by Gasteiger charge is 2.32. The van der Waals surface area contributed by atoms with Crippen LogP contribution in [0.15, 0.2) is 35.2 Å². The standard InChI is InChI=1S/C20H25ClN4O3S/c1-15-20(16(2)23(3)22-15)29(27,28)25-12-6-11-24(13-14-25)19(26)10-9-17-7-4-5-8-18(17)21/h4-5,7-10H,6,11-14H2,1-3H3/b10-9+. The van der Waals surface area contributed by atoms with Crippen molar-refractivity contribution in [2.75, 3.05) is 26.2 Å². The van der Waals surface area contributed by atoms with E-state index in [0.29, 0.717) is 42.5 Å². The van der Waals surface area contributed by atoms with Gasteiger partial charge >= 0.3 is 0 Å². The lowest BCUT2D eigenvalue weighted by molar-refractivity contribution is -0.125. The summed E-state index contributed by atoms with van der Waals surface area (Å²) in [6.45, 7) is 4.91. The van der Waals surface area contributed by atoms with Gasteiger partial charge in [0.2, 0.25) is 15.9 Å². The van der Waals surface area contributed by atoms with Gasteiger partial charge in [0.05, 0.1) is 11.4 Å². The minimum Gasteiger partial charge on any atom is -0.338 e. The minimum absolute atomic E-state index is 0.155. The second-order valence-corrected chi connectivity index (χ2v) is 9.34. The lowest BCUT2D eigenvalue weighted by Gasteiger charge is -2.21. The third-order valence-corrected chi connectivity index (χ3v) is 7.61. The quantitative estimate of drug-likeness (QED) is 0.690. The third kappa shape index (κ3) is 4.55. The molecule has 0 bridgehead atoms. The van der Waals surface area contributed by atoms with Gasteiger partial charge in [-0.1, -0.05) is 29.8 Å². The van der Waals surface area contributed by atoms with Gasteiger partial charge in [-0.25, -0.2) is 8.42 Å². The molecule has 0 saturated carbocycles. The molecule has 1 aliphatic rings. The fourth-order valence-corrected chi connectivity index (χ4v) is 5.56. The molecule has 29 heavy (non-hydrogen) atoms. The monoisotopic (exact) mass is 436 g/mol. The number of amides is 1. The molecule has 1 aromatic heterocycles. The van der Waals surface area contributed by atoms with Crippen molar-refractivity contribution < 1.29 is 13.2 Å². The van der Waals surface area contributed by atoms with Gasteiger partial charge in [0.15, 0.2) is 0 Å². The summed E-state index contributed by atoms with van der Waals surface area (Å²) in [6, 6.07) is 7.29. The predicted molar refractivity (Wildman–Crippen MR) is 113 cm³/mol. The molecule has 0 N–H and O–H groups in total. The lowest BCUT2D eigenvalue weighted by atomic mass is 10.2. The van der Waals surface area contributed by atoms with Crippen LogP contribution in [-0.4, -0.2) is 59.5 Å². The van der Waals surface area contributed by atoms with Crippen LogP contribution >= 0.6 is 11.6 Å². The van der Waals surface area contributed by atoms with Gasteiger partial charge in [-0.05, 0) is 38.0 Å². The molecule has 0 aliphatic carbocycles. The molecule has 1 amide bonds. The molecule has 1 saturated heterocycles. The first kappa shape index (κ1) is 21.5. The zero-order valence-electron chi connectivity index (χ0n) is 16.8. The van der Waals surface area contributed by atoms with Gasteiger partial charge in [0.25, 0.3) is 0 Å². The number of aromatic nitrogens is 2. The van der Waals surface area contributed by atoms with Crippen LogP contribution in [0.3, 0.4) is 0 Å². The number of rotatable bonds is 4. The van der Waals surface area contributed by atoms with E-state index < -0.39 is 10.0 Å². The molecule has 1 aromatic carbocycles. The predicted octanol–water partition coefficient (Wildman–Crippen LogP) is 2.63. The smallest absolute Gasteiger partial charge is 0.246 e. The molecule has 156 valence electrons. The Morgan fingerprint density at radius 1 is 1.14 bits per heavy atom. The van der Waals surface area contributed by atoms with Crippen LogP contribution in [0.2, 0.25) is 5.02 Å². The fraction of sp³-hybridized carbons (Fsp3) is 0.400. The number of hydrogen-bond donors (Lipinski definition) is 0. The van der Waals surface area contributed by atoms with Crippen LogP contribution in [0.25, 0.3) is 6.08 Å². The summed E-state index contributed by atoms with van der Waals surface area (Å²) in [7, 11) is -1.93. The molecule has 3 rings (SSSR count). The second-order valence-electron chi connectivity index (χ2n) is 7.06. The van der Waals surface area contributed by atoms with E-state index in [0.717, 1.165) is 5.56 Å². The molecule has 1 fully saturated rings. The SMILES string of the molecule is Cc1nn(C)c(C)c1S(=O)(=O)N1CCCN(C(=O)/C=C/c2ccccc2Cl)CC1. The number of halogens is 1. The number of benzene rings is 1. The van der Waals surface area contributed by atoms with Crippen LogP contribution in [0, 0.1) is 13.8 Å². The number of carbonyl (C=O) groups is 1. The number of sulfonamides is 1. The Hall–Kier alpha value is -2.16. The summed E-state index contributed by atoms with van der Waals surface area (Å²) < 4.78 is 29.4. The van der Waals surface area contributed by atoms with E-state index in [9.17, 15) is 13.2 Å². The first-order valence-electron chi connectivity index (χ1n) is 9.43. The first-order valence-corrected chi connectivity index (χ1v) is 11.3. The van der Waals surface area contributed by atoms with Gasteiger partial charge in [-0.15, -0.1) is 0 Å². The summed E-state index contributed by atoms with van der Waals surface area (Å²) in [5.74, 6) is -0.155. The van der Waals surface area contributed by atoms with E-state index in [2.05, 4.69) is 5.10 Å². The van der Waals surface area contributed by atoms with E-state index >= 15 is 0 Å². The Bertz CT molecular complexity index is 1050. The molecule has 0 radical (unpaired) electrons. The van der Waals surface area contributed by atoms with E-state index in [1.165, 1.54) is 10.4 Å². The van der Waals surface area contributed by atoms with E-state index in [1.54, 1.807) is 42.6 Å². The highest BCUT2D eigenvalue weighted by Crippen LogP contribution is 2.24. The Labute approximate surface area is 176 Å². The average molecular weight is 437 g/mol. The summed E-state index contributed by atoms with van der Waals surface area (Å²) in [6.07, 6.45) is 3.75. The second kappa shape index (κ2) is 8.69.